The van der Waals surface area contributed by atoms with Crippen LogP contribution in [0.15, 0.2) is 24.3 Å². The molecule has 0 radical (unpaired) electrons. The summed E-state index contributed by atoms with van der Waals surface area (Å²) in [6, 6.07) is 6.02. The van der Waals surface area contributed by atoms with Crippen LogP contribution in [0.3, 0.4) is 0 Å². The van der Waals surface area contributed by atoms with Crippen molar-refractivity contribution < 1.29 is 28.7 Å². The molecule has 11 nitrogen and oxygen atoms in total. The molecule has 4 amide bonds. The second kappa shape index (κ2) is 10.2. The minimum atomic E-state index is -1.16. The number of ether oxygens (including phenoxy) is 2. The van der Waals surface area contributed by atoms with Crippen LogP contribution in [0.4, 0.5) is 4.79 Å². The highest BCUT2D eigenvalue weighted by Crippen LogP contribution is 2.32. The molecule has 0 saturated heterocycles. The van der Waals surface area contributed by atoms with Gasteiger partial charge < -0.3 is 19.7 Å². The first-order chi connectivity index (χ1) is 15.9. The van der Waals surface area contributed by atoms with E-state index in [9.17, 15) is 19.2 Å². The Morgan fingerprint density at radius 1 is 1.30 bits per heavy atom. The van der Waals surface area contributed by atoms with Gasteiger partial charge in [0, 0.05) is 12.1 Å². The van der Waals surface area contributed by atoms with Crippen molar-refractivity contribution in [2.45, 2.75) is 38.8 Å². The number of aromatic nitrogens is 2. The van der Waals surface area contributed by atoms with Gasteiger partial charge in [0.05, 0.1) is 26.0 Å². The van der Waals surface area contributed by atoms with Crippen molar-refractivity contribution in [2.24, 2.45) is 0 Å². The van der Waals surface area contributed by atoms with Crippen molar-refractivity contribution in [1.29, 1.82) is 0 Å². The van der Waals surface area contributed by atoms with Crippen molar-refractivity contribution >= 4 is 24.3 Å². The first kappa shape index (κ1) is 23.8. The summed E-state index contributed by atoms with van der Waals surface area (Å²) >= 11 is 0. The molecule has 0 saturated carbocycles. The molecular weight excluding hydrogens is 430 g/mol. The molecule has 0 fully saturated rings. The van der Waals surface area contributed by atoms with E-state index in [1.54, 1.807) is 17.0 Å². The Bertz CT molecular complexity index is 1050. The van der Waals surface area contributed by atoms with Crippen LogP contribution in [0.1, 0.15) is 58.8 Å². The van der Waals surface area contributed by atoms with Crippen LogP contribution in [-0.4, -0.2) is 59.7 Å². The summed E-state index contributed by atoms with van der Waals surface area (Å²) in [5.74, 6) is -0.252. The van der Waals surface area contributed by atoms with Gasteiger partial charge in [-0.05, 0) is 36.6 Å². The predicted octanol–water partition coefficient (Wildman–Crippen LogP) is 1.70. The number of aromatic amines is 1. The van der Waals surface area contributed by atoms with E-state index in [0.717, 1.165) is 5.56 Å². The van der Waals surface area contributed by atoms with Crippen LogP contribution in [0.2, 0.25) is 0 Å². The molecule has 3 N–H and O–H groups in total. The molecule has 0 bridgehead atoms. The fraction of sp³-hybridized carbons (Fsp3) is 0.409. The number of nitrogens with zero attached hydrogens (tertiary/aromatic N) is 2. The summed E-state index contributed by atoms with van der Waals surface area (Å²) in [6.07, 6.45) is 1.26. The standard InChI is InChI=1S/C22H27N5O6/c1-4-8-33-20(30)17-10-18(26-25-17)22(5-2,24-21(31)23-13-28)12-27-11-14-6-7-15(32-3)9-16(14)19(27)29/h6-7,9-10,13H,4-5,8,11-12H2,1-3H3,(H,25,26)(H2,23,24,28,31)/t22-/m0/s1. The van der Waals surface area contributed by atoms with Gasteiger partial charge in [-0.25, -0.2) is 9.59 Å². The predicted molar refractivity (Wildman–Crippen MR) is 117 cm³/mol. The second-order valence-corrected chi connectivity index (χ2v) is 7.64. The number of benzene rings is 1. The summed E-state index contributed by atoms with van der Waals surface area (Å²) in [6.45, 7) is 4.34. The van der Waals surface area contributed by atoms with E-state index in [0.29, 0.717) is 36.4 Å². The quantitative estimate of drug-likeness (QED) is 0.364. The fourth-order valence-corrected chi connectivity index (χ4v) is 3.75. The molecule has 1 aliphatic rings. The van der Waals surface area contributed by atoms with Crippen LogP contribution in [0, 0.1) is 0 Å². The molecule has 176 valence electrons. The largest absolute Gasteiger partial charge is 0.497 e. The normalized spacial score (nSPS) is 14.3. The maximum absolute atomic E-state index is 13.1. The number of nitrogens with one attached hydrogen (secondary N) is 3. The maximum atomic E-state index is 13.1. The molecule has 0 unspecified atom stereocenters. The Morgan fingerprint density at radius 2 is 2.09 bits per heavy atom. The Kier molecular flexibility index (Phi) is 7.31. The van der Waals surface area contributed by atoms with E-state index in [2.05, 4.69) is 20.8 Å². The molecular formula is C22H27N5O6. The molecule has 33 heavy (non-hydrogen) atoms. The number of amides is 4. The number of hydrogen-bond donors (Lipinski definition) is 3. The van der Waals surface area contributed by atoms with Crippen LogP contribution >= 0.6 is 0 Å². The zero-order valence-electron chi connectivity index (χ0n) is 18.8. The Labute approximate surface area is 190 Å². The summed E-state index contributed by atoms with van der Waals surface area (Å²) in [7, 11) is 1.53. The van der Waals surface area contributed by atoms with E-state index >= 15 is 0 Å². The molecule has 0 spiro atoms. The SMILES string of the molecule is CCCOC(=O)c1cc([C@](CC)(CN2Cc3ccc(OC)cc3C2=O)NC(=O)NC=O)[nH]n1. The molecule has 1 aromatic carbocycles. The van der Waals surface area contributed by atoms with E-state index in [1.165, 1.54) is 13.2 Å². The van der Waals surface area contributed by atoms with Gasteiger partial charge >= 0.3 is 12.0 Å². The Balaban J connectivity index is 1.92. The van der Waals surface area contributed by atoms with Crippen molar-refractivity contribution in [2.75, 3.05) is 20.3 Å². The number of carbonyl (C=O) groups is 4. The highest BCUT2D eigenvalue weighted by atomic mass is 16.5. The maximum Gasteiger partial charge on any atom is 0.358 e. The average molecular weight is 457 g/mol. The lowest BCUT2D eigenvalue weighted by molar-refractivity contribution is -0.108. The molecule has 1 aliphatic heterocycles. The number of H-pyrrole nitrogens is 1. The average Bonchev–Trinajstić information content (AvgIpc) is 3.43. The first-order valence-electron chi connectivity index (χ1n) is 10.6. The highest BCUT2D eigenvalue weighted by Gasteiger charge is 2.40. The lowest BCUT2D eigenvalue weighted by atomic mass is 9.90. The number of imide groups is 1. The molecule has 2 heterocycles. The molecule has 3 rings (SSSR count). The van der Waals surface area contributed by atoms with Crippen LogP contribution in [0.25, 0.3) is 0 Å². The van der Waals surface area contributed by atoms with Gasteiger partial charge in [0.2, 0.25) is 6.41 Å². The summed E-state index contributed by atoms with van der Waals surface area (Å²) in [5, 5.41) is 11.6. The van der Waals surface area contributed by atoms with Gasteiger partial charge in [-0.15, -0.1) is 0 Å². The monoisotopic (exact) mass is 457 g/mol. The number of fused-ring (bicyclic) bond motifs is 1. The van der Waals surface area contributed by atoms with Gasteiger partial charge in [0.25, 0.3) is 5.91 Å². The molecule has 1 atom stereocenters. The van der Waals surface area contributed by atoms with Crippen LogP contribution in [0.5, 0.6) is 5.75 Å². The third kappa shape index (κ3) is 4.97. The Morgan fingerprint density at radius 3 is 2.76 bits per heavy atom. The number of methoxy groups -OCH3 is 1. The number of rotatable bonds is 10. The summed E-state index contributed by atoms with van der Waals surface area (Å²) < 4.78 is 10.3. The van der Waals surface area contributed by atoms with Crippen molar-refractivity contribution in [1.82, 2.24) is 25.7 Å². The number of esters is 1. The number of hydrogen-bond acceptors (Lipinski definition) is 7. The second-order valence-electron chi connectivity index (χ2n) is 7.64. The van der Waals surface area contributed by atoms with E-state index in [-0.39, 0.29) is 31.2 Å². The van der Waals surface area contributed by atoms with Gasteiger partial charge in [-0.1, -0.05) is 19.9 Å². The highest BCUT2D eigenvalue weighted by molar-refractivity contribution is 5.99. The third-order valence-corrected chi connectivity index (χ3v) is 5.54. The van der Waals surface area contributed by atoms with Gasteiger partial charge in [0.15, 0.2) is 5.69 Å². The molecule has 0 aliphatic carbocycles. The smallest absolute Gasteiger partial charge is 0.358 e. The van der Waals surface area contributed by atoms with Crippen LogP contribution in [-0.2, 0) is 21.6 Å². The van der Waals surface area contributed by atoms with Gasteiger partial charge in [-0.2, -0.15) is 5.10 Å². The lowest BCUT2D eigenvalue weighted by Gasteiger charge is -2.36. The first-order valence-corrected chi connectivity index (χ1v) is 10.6. The minimum Gasteiger partial charge on any atom is -0.497 e. The van der Waals surface area contributed by atoms with Crippen molar-refractivity contribution in [3.63, 3.8) is 0 Å². The third-order valence-electron chi connectivity index (χ3n) is 5.54. The number of urea groups is 1. The Hall–Kier alpha value is -3.89. The van der Waals surface area contributed by atoms with Crippen molar-refractivity contribution in [3.8, 4) is 5.75 Å². The minimum absolute atomic E-state index is 0.0506. The summed E-state index contributed by atoms with van der Waals surface area (Å²) in [4.78, 5) is 50.1. The number of carbonyl (C=O) groups excluding carboxylic acids is 4. The fourth-order valence-electron chi connectivity index (χ4n) is 3.75. The summed E-state index contributed by atoms with van der Waals surface area (Å²) in [5.41, 5.74) is 0.637. The zero-order valence-corrected chi connectivity index (χ0v) is 18.8. The molecule has 1 aromatic heterocycles. The molecule has 2 aromatic rings. The van der Waals surface area contributed by atoms with Crippen molar-refractivity contribution in [3.05, 3.63) is 46.8 Å². The zero-order chi connectivity index (χ0) is 24.0. The van der Waals surface area contributed by atoms with E-state index < -0.39 is 17.5 Å². The van der Waals surface area contributed by atoms with Gasteiger partial charge in [0.1, 0.15) is 11.3 Å². The molecule has 11 heteroatoms. The van der Waals surface area contributed by atoms with E-state index in [1.807, 2.05) is 19.9 Å². The topological polar surface area (TPSA) is 143 Å². The van der Waals surface area contributed by atoms with Crippen LogP contribution < -0.4 is 15.4 Å². The van der Waals surface area contributed by atoms with E-state index in [4.69, 9.17) is 9.47 Å². The lowest BCUT2D eigenvalue weighted by Crippen LogP contribution is -2.55. The van der Waals surface area contributed by atoms with Gasteiger partial charge in [-0.3, -0.25) is 20.0 Å².